The second-order valence-electron chi connectivity index (χ2n) is 6.96. The van der Waals surface area contributed by atoms with Gasteiger partial charge in [-0.15, -0.1) is 0 Å². The molecule has 2 N–H and O–H groups in total. The van der Waals surface area contributed by atoms with E-state index in [4.69, 9.17) is 24.2 Å². The first-order valence-electron chi connectivity index (χ1n) is 9.82. The van der Waals surface area contributed by atoms with Gasteiger partial charge in [0.1, 0.15) is 12.7 Å². The number of fused-ring (bicyclic) bond motifs is 1. The van der Waals surface area contributed by atoms with E-state index >= 15 is 0 Å². The van der Waals surface area contributed by atoms with Crippen molar-refractivity contribution in [3.63, 3.8) is 0 Å². The highest BCUT2D eigenvalue weighted by atomic mass is 16.7. The molecule has 0 saturated carbocycles. The maximum absolute atomic E-state index is 12.4. The number of carbonyl (C=O) groups is 3. The lowest BCUT2D eigenvalue weighted by Gasteiger charge is -2.25. The Bertz CT molecular complexity index is 913. The summed E-state index contributed by atoms with van der Waals surface area (Å²) in [4.78, 5) is 51.9. The second kappa shape index (κ2) is 10.2. The van der Waals surface area contributed by atoms with Crippen LogP contribution in [0.2, 0.25) is 0 Å². The van der Waals surface area contributed by atoms with E-state index in [1.807, 2.05) is 6.92 Å². The highest BCUT2D eigenvalue weighted by Gasteiger charge is 2.51. The van der Waals surface area contributed by atoms with Crippen LogP contribution in [0.1, 0.15) is 38.8 Å². The van der Waals surface area contributed by atoms with Gasteiger partial charge in [-0.3, -0.25) is 20.0 Å². The molecule has 3 rings (SSSR count). The number of nitrogens with zero attached hydrogens (tertiary/aromatic N) is 2. The summed E-state index contributed by atoms with van der Waals surface area (Å²) in [5.41, 5.74) is 0.929. The zero-order chi connectivity index (χ0) is 22.4. The van der Waals surface area contributed by atoms with Gasteiger partial charge < -0.3 is 18.9 Å². The zero-order valence-corrected chi connectivity index (χ0v) is 16.8. The van der Waals surface area contributed by atoms with Crippen LogP contribution in [0.3, 0.4) is 0 Å². The summed E-state index contributed by atoms with van der Waals surface area (Å²) in [6, 6.07) is 1.29. The predicted octanol–water partition coefficient (Wildman–Crippen LogP) is 0.459. The first-order valence-corrected chi connectivity index (χ1v) is 9.82. The molecule has 12 nitrogen and oxygen atoms in total. The van der Waals surface area contributed by atoms with Gasteiger partial charge in [-0.25, -0.2) is 14.4 Å². The summed E-state index contributed by atoms with van der Waals surface area (Å²) >= 11 is 0. The number of rotatable bonds is 8. The fourth-order valence-corrected chi connectivity index (χ4v) is 3.25. The minimum absolute atomic E-state index is 0.0996. The number of unbranched alkanes of at least 4 members (excludes halogenated alkanes) is 2. The number of nitrogens with one attached hydrogen (secondary N) is 1. The van der Waals surface area contributed by atoms with Crippen molar-refractivity contribution in [2.75, 3.05) is 12.1 Å². The molecule has 1 aromatic heterocycles. The summed E-state index contributed by atoms with van der Waals surface area (Å²) in [5.74, 6) is -2.17. The minimum atomic E-state index is -1.20. The van der Waals surface area contributed by atoms with Gasteiger partial charge in [0.15, 0.2) is 24.3 Å². The predicted molar refractivity (Wildman–Crippen MR) is 102 cm³/mol. The Morgan fingerprint density at radius 3 is 2.55 bits per heavy atom. The molecule has 0 radical (unpaired) electrons. The second-order valence-corrected chi connectivity index (χ2v) is 6.96. The van der Waals surface area contributed by atoms with Crippen LogP contribution in [0.15, 0.2) is 29.2 Å². The van der Waals surface area contributed by atoms with E-state index in [2.05, 4.69) is 4.98 Å². The minimum Gasteiger partial charge on any atom is -0.463 e. The third-order valence-corrected chi connectivity index (χ3v) is 4.76. The third-order valence-electron chi connectivity index (χ3n) is 4.76. The summed E-state index contributed by atoms with van der Waals surface area (Å²) in [6.45, 7) is 1.74. The normalized spacial score (nSPS) is 26.1. The van der Waals surface area contributed by atoms with Crippen LogP contribution in [0, 0.1) is 0 Å². The lowest BCUT2D eigenvalue weighted by Crippen LogP contribution is -2.43. The number of aromatic nitrogens is 2. The molecule has 12 heteroatoms. The molecule has 0 amide bonds. The average molecular weight is 437 g/mol. The fourth-order valence-electron chi connectivity index (χ4n) is 3.25. The van der Waals surface area contributed by atoms with Gasteiger partial charge in [0.25, 0.3) is 0 Å². The van der Waals surface area contributed by atoms with Crippen molar-refractivity contribution in [1.82, 2.24) is 9.55 Å². The lowest BCUT2D eigenvalue weighted by molar-refractivity contribution is -0.165. The van der Waals surface area contributed by atoms with Gasteiger partial charge in [-0.1, -0.05) is 19.8 Å². The van der Waals surface area contributed by atoms with Gasteiger partial charge in [-0.2, -0.15) is 4.98 Å². The summed E-state index contributed by atoms with van der Waals surface area (Å²) < 4.78 is 22.8. The Morgan fingerprint density at radius 2 is 1.90 bits per heavy atom. The first-order chi connectivity index (χ1) is 14.9. The number of hydrogen-bond donors (Lipinski definition) is 2. The zero-order valence-electron chi connectivity index (χ0n) is 16.8. The maximum Gasteiger partial charge on any atom is 0.351 e. The van der Waals surface area contributed by atoms with Gasteiger partial charge in [0.2, 0.25) is 0 Å². The van der Waals surface area contributed by atoms with Crippen molar-refractivity contribution in [2.24, 2.45) is 0 Å². The van der Waals surface area contributed by atoms with Crippen LogP contribution < -0.4 is 11.2 Å². The Morgan fingerprint density at radius 1 is 1.19 bits per heavy atom. The molecule has 4 atom stereocenters. The molecule has 0 aliphatic carbocycles. The quantitative estimate of drug-likeness (QED) is 0.252. The standard InChI is InChI=1S/C19H23N3O9/c1-2-3-4-5-13(23)28-10-11-16-17(31-15(25)7-6-14(24)30-16)18(29-11)22-9-8-12(21-27)20-19(22)26/h6-9,11,16-18,27H,2-5,10H2,1H3,(H,20,21,26)/b7-6-/t11?,16-,17-,18-/m1/s1. The Labute approximate surface area is 176 Å². The van der Waals surface area contributed by atoms with E-state index in [1.165, 1.54) is 12.3 Å². The smallest absolute Gasteiger partial charge is 0.351 e. The van der Waals surface area contributed by atoms with Crippen molar-refractivity contribution < 1.29 is 38.5 Å². The topological polar surface area (TPSA) is 155 Å². The van der Waals surface area contributed by atoms with E-state index in [1.54, 1.807) is 5.48 Å². The van der Waals surface area contributed by atoms with E-state index in [0.717, 1.165) is 29.6 Å². The first kappa shape index (κ1) is 22.4. The number of anilines is 1. The molecule has 2 aliphatic rings. The maximum atomic E-state index is 12.4. The molecule has 2 aliphatic heterocycles. The van der Waals surface area contributed by atoms with Crippen LogP contribution in [-0.2, 0) is 33.3 Å². The average Bonchev–Trinajstić information content (AvgIpc) is 3.06. The molecule has 168 valence electrons. The van der Waals surface area contributed by atoms with Gasteiger partial charge in [-0.05, 0) is 12.5 Å². The van der Waals surface area contributed by atoms with Crippen molar-refractivity contribution >= 4 is 23.7 Å². The molecular formula is C19H23N3O9. The van der Waals surface area contributed by atoms with Crippen LogP contribution in [-0.4, -0.2) is 57.6 Å². The summed E-state index contributed by atoms with van der Waals surface area (Å²) in [7, 11) is 0. The van der Waals surface area contributed by atoms with E-state index in [9.17, 15) is 19.2 Å². The Kier molecular flexibility index (Phi) is 7.36. The number of carbonyl (C=O) groups excluding carboxylic acids is 3. The van der Waals surface area contributed by atoms with Crippen LogP contribution >= 0.6 is 0 Å². The van der Waals surface area contributed by atoms with Gasteiger partial charge >= 0.3 is 23.6 Å². The molecule has 1 saturated heterocycles. The highest BCUT2D eigenvalue weighted by molar-refractivity contribution is 5.92. The van der Waals surface area contributed by atoms with E-state index < -0.39 is 48.1 Å². The molecule has 3 heterocycles. The number of ether oxygens (including phenoxy) is 4. The number of esters is 3. The van der Waals surface area contributed by atoms with Crippen LogP contribution in [0.5, 0.6) is 0 Å². The molecule has 0 aromatic carbocycles. The monoisotopic (exact) mass is 437 g/mol. The number of hydrogen-bond acceptors (Lipinski definition) is 11. The largest absolute Gasteiger partial charge is 0.463 e. The highest BCUT2D eigenvalue weighted by Crippen LogP contribution is 2.34. The van der Waals surface area contributed by atoms with E-state index in [-0.39, 0.29) is 18.8 Å². The Balaban J connectivity index is 1.82. The van der Waals surface area contributed by atoms with E-state index in [0.29, 0.717) is 6.42 Å². The third kappa shape index (κ3) is 5.47. The van der Waals surface area contributed by atoms with Gasteiger partial charge in [0.05, 0.1) is 0 Å². The molecular weight excluding hydrogens is 414 g/mol. The molecule has 31 heavy (non-hydrogen) atoms. The molecule has 1 aromatic rings. The SMILES string of the molecule is CCCCCC(=O)OCC1O[C@@H](n2ccc(NO)nc2=O)[C@@H]2OC(=O)/C=C\C(=O)O[C@H]12. The van der Waals surface area contributed by atoms with Crippen molar-refractivity contribution in [2.45, 2.75) is 57.1 Å². The van der Waals surface area contributed by atoms with Crippen molar-refractivity contribution in [3.8, 4) is 0 Å². The molecule has 0 spiro atoms. The summed E-state index contributed by atoms with van der Waals surface area (Å²) in [6.07, 6.45) is 1.30. The fraction of sp³-hybridized carbons (Fsp3) is 0.526. The van der Waals surface area contributed by atoms with Crippen LogP contribution in [0.4, 0.5) is 5.82 Å². The molecule has 1 fully saturated rings. The van der Waals surface area contributed by atoms with Crippen molar-refractivity contribution in [1.29, 1.82) is 0 Å². The van der Waals surface area contributed by atoms with Crippen LogP contribution in [0.25, 0.3) is 0 Å². The molecule has 1 unspecified atom stereocenters. The Hall–Kier alpha value is -3.25. The molecule has 0 bridgehead atoms. The van der Waals surface area contributed by atoms with Gasteiger partial charge in [0, 0.05) is 24.8 Å². The lowest BCUT2D eigenvalue weighted by atomic mass is 10.1. The summed E-state index contributed by atoms with van der Waals surface area (Å²) in [5, 5.41) is 8.90. The van der Waals surface area contributed by atoms with Crippen molar-refractivity contribution in [3.05, 3.63) is 34.9 Å².